The normalized spacial score (nSPS) is 35.1. The topological polar surface area (TPSA) is 60.4 Å². The van der Waals surface area contributed by atoms with Gasteiger partial charge in [-0.25, -0.2) is 0 Å². The maximum absolute atomic E-state index is 10.5. The number of hydrogen-bond donors (Lipinski definition) is 1. The van der Waals surface area contributed by atoms with E-state index in [0.717, 1.165) is 12.8 Å². The molecule has 1 fully saturated rings. The Morgan fingerprint density at radius 2 is 2.14 bits per heavy atom. The minimum atomic E-state index is -1.94. The van der Waals surface area contributed by atoms with E-state index in [9.17, 15) is 13.9 Å². The maximum atomic E-state index is 10.5. The Balaban J connectivity index is 2.37. The Hall–Kier alpha value is -0.190. The summed E-state index contributed by atoms with van der Waals surface area (Å²) in [6, 6.07) is 0. The van der Waals surface area contributed by atoms with Crippen LogP contribution >= 0.6 is 0 Å². The van der Waals surface area contributed by atoms with Crippen LogP contribution in [0.2, 0.25) is 0 Å². The third kappa shape index (κ3) is 3.52. The molecule has 1 aliphatic carbocycles. The highest BCUT2D eigenvalue weighted by atomic mass is 32.2. The summed E-state index contributed by atoms with van der Waals surface area (Å²) in [5.41, 5.74) is -0.622. The van der Waals surface area contributed by atoms with Crippen molar-refractivity contribution in [2.75, 3.05) is 5.75 Å². The van der Waals surface area contributed by atoms with Gasteiger partial charge < -0.3 is 9.66 Å². The molecule has 1 saturated carbocycles. The number of aliphatic hydroxyl groups is 1. The first-order valence-electron chi connectivity index (χ1n) is 4.95. The highest BCUT2D eigenvalue weighted by Crippen LogP contribution is 2.34. The predicted molar refractivity (Wildman–Crippen MR) is 55.5 cm³/mol. The Labute approximate surface area is 87.5 Å². The summed E-state index contributed by atoms with van der Waals surface area (Å²) in [5.74, 6) is 0.475. The SMILES string of the molecule is C=CCC1(O)CCC(CS(=O)[O-])CC1. The van der Waals surface area contributed by atoms with Crippen LogP contribution in [0.15, 0.2) is 12.7 Å². The van der Waals surface area contributed by atoms with Gasteiger partial charge in [-0.2, -0.15) is 0 Å². The molecule has 3 nitrogen and oxygen atoms in total. The van der Waals surface area contributed by atoms with Gasteiger partial charge in [0.25, 0.3) is 0 Å². The van der Waals surface area contributed by atoms with E-state index in [1.165, 1.54) is 0 Å². The lowest BCUT2D eigenvalue weighted by atomic mass is 9.78. The van der Waals surface area contributed by atoms with Crippen LogP contribution in [0.5, 0.6) is 0 Å². The van der Waals surface area contributed by atoms with E-state index in [1.54, 1.807) is 6.08 Å². The lowest BCUT2D eigenvalue weighted by Crippen LogP contribution is -2.34. The van der Waals surface area contributed by atoms with Gasteiger partial charge in [0.2, 0.25) is 0 Å². The second-order valence-corrected chi connectivity index (χ2v) is 5.07. The van der Waals surface area contributed by atoms with Crippen molar-refractivity contribution in [3.8, 4) is 0 Å². The molecule has 1 unspecified atom stereocenters. The third-order valence-electron chi connectivity index (χ3n) is 2.93. The van der Waals surface area contributed by atoms with Crippen LogP contribution in [0.4, 0.5) is 0 Å². The molecule has 0 bridgehead atoms. The van der Waals surface area contributed by atoms with Crippen LogP contribution in [0.25, 0.3) is 0 Å². The van der Waals surface area contributed by atoms with E-state index in [0.29, 0.717) is 19.3 Å². The van der Waals surface area contributed by atoms with Gasteiger partial charge >= 0.3 is 0 Å². The van der Waals surface area contributed by atoms with E-state index in [4.69, 9.17) is 0 Å². The van der Waals surface area contributed by atoms with Crippen molar-refractivity contribution in [2.24, 2.45) is 5.92 Å². The maximum Gasteiger partial charge on any atom is 0.0682 e. The molecule has 1 atom stereocenters. The first-order chi connectivity index (χ1) is 6.56. The third-order valence-corrected chi connectivity index (χ3v) is 3.68. The van der Waals surface area contributed by atoms with E-state index in [2.05, 4.69) is 6.58 Å². The van der Waals surface area contributed by atoms with Crippen LogP contribution in [0.3, 0.4) is 0 Å². The molecule has 4 heteroatoms. The van der Waals surface area contributed by atoms with Crippen molar-refractivity contribution >= 4 is 11.1 Å². The summed E-state index contributed by atoms with van der Waals surface area (Å²) in [5, 5.41) is 10.00. The Bertz CT molecular complexity index is 219. The summed E-state index contributed by atoms with van der Waals surface area (Å²) in [7, 11) is 0. The van der Waals surface area contributed by atoms with E-state index in [-0.39, 0.29) is 11.7 Å². The molecule has 0 aromatic heterocycles. The zero-order chi connectivity index (χ0) is 10.6. The largest absolute Gasteiger partial charge is 0.772 e. The summed E-state index contributed by atoms with van der Waals surface area (Å²) < 4.78 is 21.0. The fraction of sp³-hybridized carbons (Fsp3) is 0.800. The molecule has 0 spiro atoms. The Kier molecular flexibility index (Phi) is 4.29. The summed E-state index contributed by atoms with van der Waals surface area (Å²) >= 11 is -1.94. The van der Waals surface area contributed by atoms with Gasteiger partial charge in [-0.1, -0.05) is 17.2 Å². The second-order valence-electron chi connectivity index (χ2n) is 4.13. The fourth-order valence-electron chi connectivity index (χ4n) is 2.05. The average molecular weight is 217 g/mol. The van der Waals surface area contributed by atoms with Gasteiger partial charge in [0.15, 0.2) is 0 Å². The Morgan fingerprint density at radius 3 is 2.57 bits per heavy atom. The number of hydrogen-bond acceptors (Lipinski definition) is 3. The van der Waals surface area contributed by atoms with Crippen LogP contribution in [0.1, 0.15) is 32.1 Å². The highest BCUT2D eigenvalue weighted by Gasteiger charge is 2.31. The van der Waals surface area contributed by atoms with Crippen molar-refractivity contribution in [1.29, 1.82) is 0 Å². The predicted octanol–water partition coefficient (Wildman–Crippen LogP) is 1.36. The van der Waals surface area contributed by atoms with Crippen molar-refractivity contribution in [2.45, 2.75) is 37.7 Å². The molecule has 0 radical (unpaired) electrons. The van der Waals surface area contributed by atoms with Crippen molar-refractivity contribution in [1.82, 2.24) is 0 Å². The van der Waals surface area contributed by atoms with Crippen molar-refractivity contribution in [3.05, 3.63) is 12.7 Å². The molecular weight excluding hydrogens is 200 g/mol. The zero-order valence-electron chi connectivity index (χ0n) is 8.28. The van der Waals surface area contributed by atoms with Crippen LogP contribution in [-0.2, 0) is 11.1 Å². The van der Waals surface area contributed by atoms with Crippen LogP contribution < -0.4 is 0 Å². The summed E-state index contributed by atoms with van der Waals surface area (Å²) in [6.07, 6.45) is 5.34. The minimum Gasteiger partial charge on any atom is -0.772 e. The lowest BCUT2D eigenvalue weighted by Gasteiger charge is -2.35. The molecule has 0 saturated heterocycles. The first-order valence-corrected chi connectivity index (χ1v) is 6.19. The molecule has 14 heavy (non-hydrogen) atoms. The van der Waals surface area contributed by atoms with Gasteiger partial charge in [0.1, 0.15) is 0 Å². The van der Waals surface area contributed by atoms with Crippen molar-refractivity contribution in [3.63, 3.8) is 0 Å². The molecule has 1 N–H and O–H groups in total. The van der Waals surface area contributed by atoms with Crippen molar-refractivity contribution < 1.29 is 13.9 Å². The monoisotopic (exact) mass is 217 g/mol. The van der Waals surface area contributed by atoms with Crippen LogP contribution in [0, 0.1) is 5.92 Å². The molecule has 0 aliphatic heterocycles. The summed E-state index contributed by atoms with van der Waals surface area (Å²) in [6.45, 7) is 3.61. The quantitative estimate of drug-likeness (QED) is 0.571. The minimum absolute atomic E-state index is 0.235. The van der Waals surface area contributed by atoms with Gasteiger partial charge in [0.05, 0.1) is 5.60 Å². The Morgan fingerprint density at radius 1 is 1.57 bits per heavy atom. The fourth-order valence-corrected chi connectivity index (χ4v) is 2.77. The number of rotatable bonds is 4. The van der Waals surface area contributed by atoms with Gasteiger partial charge in [-0.3, -0.25) is 4.21 Å². The average Bonchev–Trinajstić information content (AvgIpc) is 2.09. The molecule has 0 amide bonds. The lowest BCUT2D eigenvalue weighted by molar-refractivity contribution is -0.00394. The van der Waals surface area contributed by atoms with Gasteiger partial charge in [-0.15, -0.1) is 6.58 Å². The zero-order valence-corrected chi connectivity index (χ0v) is 9.09. The standard InChI is InChI=1S/C10H18O3S/c1-2-5-10(11)6-3-9(4-7-10)8-14(12)13/h2,9,11H,1,3-8H2,(H,12,13)/p-1. The van der Waals surface area contributed by atoms with E-state index >= 15 is 0 Å². The second kappa shape index (κ2) is 5.05. The van der Waals surface area contributed by atoms with Gasteiger partial charge in [0, 0.05) is 5.75 Å². The molecule has 0 aromatic rings. The molecule has 0 heterocycles. The van der Waals surface area contributed by atoms with Gasteiger partial charge in [-0.05, 0) is 38.0 Å². The first kappa shape index (κ1) is 11.9. The molecule has 82 valence electrons. The van der Waals surface area contributed by atoms with E-state index in [1.807, 2.05) is 0 Å². The highest BCUT2D eigenvalue weighted by molar-refractivity contribution is 7.79. The smallest absolute Gasteiger partial charge is 0.0682 e. The molecule has 1 aliphatic rings. The molecular formula is C10H17O3S-. The summed E-state index contributed by atoms with van der Waals surface area (Å²) in [4.78, 5) is 0. The molecule has 0 aromatic carbocycles. The van der Waals surface area contributed by atoms with E-state index < -0.39 is 16.7 Å². The van der Waals surface area contributed by atoms with Crippen LogP contribution in [-0.4, -0.2) is 25.2 Å². The molecule has 1 rings (SSSR count).